The number of carbonyl (C=O) groups excluding carboxylic acids is 2. The number of fused-ring (bicyclic) bond motifs is 1. The molecule has 0 amide bonds. The molecule has 9 nitrogen and oxygen atoms in total. The van der Waals surface area contributed by atoms with Gasteiger partial charge in [0.1, 0.15) is 0 Å². The van der Waals surface area contributed by atoms with Crippen LogP contribution in [-0.2, 0) is 14.3 Å². The highest BCUT2D eigenvalue weighted by Crippen LogP contribution is 2.36. The molecule has 0 spiro atoms. The number of ether oxygens (including phenoxy) is 3. The predicted molar refractivity (Wildman–Crippen MR) is 150 cm³/mol. The Bertz CT molecular complexity index is 1610. The van der Waals surface area contributed by atoms with Crippen molar-refractivity contribution in [3.8, 4) is 11.5 Å². The van der Waals surface area contributed by atoms with E-state index >= 15 is 0 Å². The number of hydrogen-bond acceptors (Lipinski definition) is 9. The van der Waals surface area contributed by atoms with Gasteiger partial charge in [-0.3, -0.25) is 14.2 Å². The lowest BCUT2D eigenvalue weighted by Crippen LogP contribution is -2.39. The number of thiazole rings is 1. The number of carbonyl (C=O) groups is 2. The smallest absolute Gasteiger partial charge is 0.338 e. The summed E-state index contributed by atoms with van der Waals surface area (Å²) in [7, 11) is 2.74. The van der Waals surface area contributed by atoms with Crippen molar-refractivity contribution in [2.45, 2.75) is 33.7 Å². The summed E-state index contributed by atoms with van der Waals surface area (Å²) in [5, 5.41) is 0. The summed E-state index contributed by atoms with van der Waals surface area (Å²) in [5.41, 5.74) is 2.97. The zero-order chi connectivity index (χ0) is 28.3. The van der Waals surface area contributed by atoms with E-state index in [1.54, 1.807) is 25.1 Å². The Labute approximate surface area is 230 Å². The summed E-state index contributed by atoms with van der Waals surface area (Å²) in [5.74, 6) is -0.567. The molecule has 3 aromatic rings. The summed E-state index contributed by atoms with van der Waals surface area (Å²) >= 11 is 1.25. The Hall–Kier alpha value is -4.18. The van der Waals surface area contributed by atoms with Crippen molar-refractivity contribution in [3.63, 3.8) is 0 Å². The van der Waals surface area contributed by atoms with E-state index in [0.717, 1.165) is 24.3 Å². The Morgan fingerprint density at radius 3 is 2.36 bits per heavy atom. The second-order valence-electron chi connectivity index (χ2n) is 8.84. The molecule has 0 N–H and O–H groups in total. The van der Waals surface area contributed by atoms with Crippen LogP contribution < -0.4 is 29.3 Å². The van der Waals surface area contributed by atoms with Crippen molar-refractivity contribution in [2.24, 2.45) is 4.99 Å². The number of esters is 2. The number of aromatic nitrogens is 1. The molecule has 1 aliphatic heterocycles. The number of nitrogens with zero attached hydrogens (tertiary/aromatic N) is 3. The van der Waals surface area contributed by atoms with Gasteiger partial charge in [0.05, 0.1) is 36.1 Å². The molecule has 0 bridgehead atoms. The average Bonchev–Trinajstić information content (AvgIpc) is 3.23. The van der Waals surface area contributed by atoms with E-state index in [-0.39, 0.29) is 22.6 Å². The molecule has 0 aliphatic carbocycles. The average molecular weight is 550 g/mol. The van der Waals surface area contributed by atoms with Gasteiger partial charge in [-0.1, -0.05) is 29.5 Å². The van der Waals surface area contributed by atoms with E-state index < -0.39 is 18.0 Å². The van der Waals surface area contributed by atoms with Crippen LogP contribution in [-0.4, -0.2) is 43.8 Å². The minimum Gasteiger partial charge on any atom is -0.493 e. The predicted octanol–water partition coefficient (Wildman–Crippen LogP) is 3.19. The van der Waals surface area contributed by atoms with Gasteiger partial charge in [-0.25, -0.2) is 9.79 Å². The molecule has 4 rings (SSSR count). The topological polar surface area (TPSA) is 99.4 Å². The highest BCUT2D eigenvalue weighted by atomic mass is 32.1. The molecule has 1 aromatic heterocycles. The van der Waals surface area contributed by atoms with Gasteiger partial charge in [-0.05, 0) is 62.2 Å². The quantitative estimate of drug-likeness (QED) is 0.314. The third-order valence-corrected chi connectivity index (χ3v) is 7.49. The molecular weight excluding hydrogens is 518 g/mol. The number of hydrogen-bond donors (Lipinski definition) is 0. The van der Waals surface area contributed by atoms with E-state index in [0.29, 0.717) is 20.6 Å². The third kappa shape index (κ3) is 5.51. The molecule has 1 atom stereocenters. The first-order chi connectivity index (χ1) is 18.7. The largest absolute Gasteiger partial charge is 0.493 e. The molecule has 1 unspecified atom stereocenters. The standard InChI is InChI=1S/C29H31N3O6S/c1-7-31(8-2)21-12-9-19(10-13-21)15-24-27(34)32-26(25(28(35)37-6)17(3)30-29(32)39-24)20-11-14-22(38-18(4)33)23(16-20)36-5/h9-16,26H,7-8H2,1-6H3/b24-15-. The first kappa shape index (κ1) is 27.8. The maximum absolute atomic E-state index is 13.8. The summed E-state index contributed by atoms with van der Waals surface area (Å²) in [6, 6.07) is 12.1. The van der Waals surface area contributed by atoms with Gasteiger partial charge in [0.2, 0.25) is 0 Å². The van der Waals surface area contributed by atoms with Gasteiger partial charge in [-0.15, -0.1) is 0 Å². The molecule has 0 saturated carbocycles. The summed E-state index contributed by atoms with van der Waals surface area (Å²) < 4.78 is 17.7. The Balaban J connectivity index is 1.87. The zero-order valence-corrected chi connectivity index (χ0v) is 23.6. The third-order valence-electron chi connectivity index (χ3n) is 6.50. The Kier molecular flexibility index (Phi) is 8.35. The molecular formula is C29H31N3O6S. The van der Waals surface area contributed by atoms with E-state index in [1.807, 2.05) is 30.3 Å². The molecule has 2 aromatic carbocycles. The van der Waals surface area contributed by atoms with Crippen molar-refractivity contribution in [1.29, 1.82) is 0 Å². The molecule has 39 heavy (non-hydrogen) atoms. The first-order valence-corrected chi connectivity index (χ1v) is 13.4. The number of allylic oxidation sites excluding steroid dienone is 1. The minimum atomic E-state index is -0.818. The fourth-order valence-electron chi connectivity index (χ4n) is 4.62. The molecule has 1 aliphatic rings. The van der Waals surface area contributed by atoms with Crippen molar-refractivity contribution in [3.05, 3.63) is 84.5 Å². The number of rotatable bonds is 8. The normalized spacial score (nSPS) is 14.9. The van der Waals surface area contributed by atoms with E-state index in [9.17, 15) is 14.4 Å². The van der Waals surface area contributed by atoms with Crippen molar-refractivity contribution >= 4 is 35.0 Å². The van der Waals surface area contributed by atoms with Gasteiger partial charge < -0.3 is 19.1 Å². The van der Waals surface area contributed by atoms with Gasteiger partial charge in [0.25, 0.3) is 5.56 Å². The Morgan fingerprint density at radius 2 is 1.77 bits per heavy atom. The highest BCUT2D eigenvalue weighted by molar-refractivity contribution is 7.07. The lowest BCUT2D eigenvalue weighted by atomic mass is 9.95. The van der Waals surface area contributed by atoms with Gasteiger partial charge >= 0.3 is 11.9 Å². The van der Waals surface area contributed by atoms with E-state index in [2.05, 4.69) is 23.7 Å². The van der Waals surface area contributed by atoms with E-state index in [1.165, 1.54) is 37.0 Å². The fourth-order valence-corrected chi connectivity index (χ4v) is 5.67. The van der Waals surface area contributed by atoms with Crippen LogP contribution in [0.1, 0.15) is 44.9 Å². The second-order valence-corrected chi connectivity index (χ2v) is 9.85. The van der Waals surface area contributed by atoms with Crippen molar-refractivity contribution in [2.75, 3.05) is 32.2 Å². The summed E-state index contributed by atoms with van der Waals surface area (Å²) in [4.78, 5) is 45.5. The summed E-state index contributed by atoms with van der Waals surface area (Å²) in [6.45, 7) is 9.04. The highest BCUT2D eigenvalue weighted by Gasteiger charge is 2.33. The van der Waals surface area contributed by atoms with E-state index in [4.69, 9.17) is 14.2 Å². The maximum Gasteiger partial charge on any atom is 0.338 e. The fraction of sp³-hybridized carbons (Fsp3) is 0.310. The van der Waals surface area contributed by atoms with Crippen LogP contribution in [0.5, 0.6) is 11.5 Å². The Morgan fingerprint density at radius 1 is 1.08 bits per heavy atom. The molecule has 0 fully saturated rings. The van der Waals surface area contributed by atoms with Crippen LogP contribution in [0.4, 0.5) is 5.69 Å². The van der Waals surface area contributed by atoms with Gasteiger partial charge in [-0.2, -0.15) is 0 Å². The number of benzene rings is 2. The lowest BCUT2D eigenvalue weighted by Gasteiger charge is -2.25. The minimum absolute atomic E-state index is 0.231. The summed E-state index contributed by atoms with van der Waals surface area (Å²) in [6.07, 6.45) is 1.83. The van der Waals surface area contributed by atoms with Crippen LogP contribution in [0.15, 0.2) is 63.5 Å². The number of anilines is 1. The monoisotopic (exact) mass is 549 g/mol. The SMILES string of the molecule is CCN(CC)c1ccc(/C=c2\sc3n(c2=O)C(c2ccc(OC(C)=O)c(OC)c2)C(C(=O)OC)=C(C)N=3)cc1. The number of methoxy groups -OCH3 is 2. The van der Waals surface area contributed by atoms with Crippen molar-refractivity contribution < 1.29 is 23.8 Å². The van der Waals surface area contributed by atoms with Crippen LogP contribution in [0.2, 0.25) is 0 Å². The van der Waals surface area contributed by atoms with Gasteiger partial charge in [0.15, 0.2) is 16.3 Å². The van der Waals surface area contributed by atoms with Crippen LogP contribution in [0.3, 0.4) is 0 Å². The van der Waals surface area contributed by atoms with Gasteiger partial charge in [0, 0.05) is 25.7 Å². The molecule has 0 radical (unpaired) electrons. The first-order valence-electron chi connectivity index (χ1n) is 12.5. The second kappa shape index (κ2) is 11.7. The molecule has 10 heteroatoms. The van der Waals surface area contributed by atoms with Crippen LogP contribution in [0.25, 0.3) is 6.08 Å². The van der Waals surface area contributed by atoms with Crippen molar-refractivity contribution in [1.82, 2.24) is 4.57 Å². The lowest BCUT2D eigenvalue weighted by molar-refractivity contribution is -0.136. The zero-order valence-electron chi connectivity index (χ0n) is 22.8. The molecule has 0 saturated heterocycles. The molecule has 204 valence electrons. The van der Waals surface area contributed by atoms with Crippen LogP contribution in [0, 0.1) is 0 Å². The van der Waals surface area contributed by atoms with Crippen LogP contribution >= 0.6 is 11.3 Å². The maximum atomic E-state index is 13.8. The molecule has 2 heterocycles.